The summed E-state index contributed by atoms with van der Waals surface area (Å²) in [5.41, 5.74) is 1.61. The van der Waals surface area contributed by atoms with Gasteiger partial charge in [-0.2, -0.15) is 5.10 Å². The molecule has 0 spiro atoms. The fraction of sp³-hybridized carbons (Fsp3) is 0.286. The Morgan fingerprint density at radius 2 is 2.24 bits per heavy atom. The van der Waals surface area contributed by atoms with Crippen molar-refractivity contribution in [2.24, 2.45) is 7.05 Å². The van der Waals surface area contributed by atoms with Crippen LogP contribution in [0.15, 0.2) is 35.5 Å². The fourth-order valence-corrected chi connectivity index (χ4v) is 2.73. The average molecular weight is 325 g/mol. The minimum absolute atomic E-state index is 0.125. The molecule has 2 aromatic rings. The molecule has 2 amide bonds. The second kappa shape index (κ2) is 6.87. The van der Waals surface area contributed by atoms with Crippen LogP contribution in [0.3, 0.4) is 0 Å². The van der Waals surface area contributed by atoms with Gasteiger partial charge in [-0.05, 0) is 31.4 Å². The molecular formula is C14H17ClN4OS. The molecule has 1 aromatic heterocycles. The predicted octanol–water partition coefficient (Wildman–Crippen LogP) is 3.68. The number of thioether (sulfide) groups is 1. The maximum absolute atomic E-state index is 12.0. The molecule has 2 rings (SSSR count). The second-order valence-electron chi connectivity index (χ2n) is 4.62. The minimum atomic E-state index is -0.278. The number of anilines is 1. The molecule has 1 unspecified atom stereocenters. The largest absolute Gasteiger partial charge is 0.331 e. The van der Waals surface area contributed by atoms with Crippen molar-refractivity contribution < 1.29 is 4.79 Å². The highest BCUT2D eigenvalue weighted by Crippen LogP contribution is 2.27. The van der Waals surface area contributed by atoms with Crippen LogP contribution in [0.5, 0.6) is 0 Å². The summed E-state index contributed by atoms with van der Waals surface area (Å²) in [6, 6.07) is 5.04. The number of aryl methyl sites for hydroxylation is 1. The number of hydrogen-bond donors (Lipinski definition) is 2. The molecule has 0 aliphatic carbocycles. The maximum Gasteiger partial charge on any atom is 0.319 e. The first-order valence-electron chi connectivity index (χ1n) is 6.39. The summed E-state index contributed by atoms with van der Waals surface area (Å²) in [5.74, 6) is 0. The van der Waals surface area contributed by atoms with E-state index < -0.39 is 0 Å². The second-order valence-corrected chi connectivity index (χ2v) is 5.87. The molecule has 0 bridgehead atoms. The molecule has 0 fully saturated rings. The summed E-state index contributed by atoms with van der Waals surface area (Å²) >= 11 is 7.68. The van der Waals surface area contributed by atoms with Crippen molar-refractivity contribution in [3.8, 4) is 0 Å². The van der Waals surface area contributed by atoms with Crippen LogP contribution in [0.4, 0.5) is 10.5 Å². The number of hydrogen-bond acceptors (Lipinski definition) is 3. The van der Waals surface area contributed by atoms with Crippen LogP contribution >= 0.6 is 23.4 Å². The third kappa shape index (κ3) is 4.15. The molecule has 5 nitrogen and oxygen atoms in total. The first kappa shape index (κ1) is 15.7. The van der Waals surface area contributed by atoms with E-state index in [1.165, 1.54) is 0 Å². The van der Waals surface area contributed by atoms with Crippen molar-refractivity contribution in [1.82, 2.24) is 15.1 Å². The molecule has 1 aromatic carbocycles. The number of halogens is 1. The number of aromatic nitrogens is 2. The minimum Gasteiger partial charge on any atom is -0.331 e. The lowest BCUT2D eigenvalue weighted by Gasteiger charge is -2.13. The Morgan fingerprint density at radius 3 is 2.81 bits per heavy atom. The van der Waals surface area contributed by atoms with Crippen LogP contribution in [0.25, 0.3) is 0 Å². The predicted molar refractivity (Wildman–Crippen MR) is 87.0 cm³/mol. The molecule has 2 N–H and O–H groups in total. The number of nitrogens with zero attached hydrogens (tertiary/aromatic N) is 2. The Balaban J connectivity index is 1.97. The normalized spacial score (nSPS) is 12.0. The molecule has 0 aliphatic heterocycles. The number of carbonyl (C=O) groups excluding carboxylic acids is 1. The van der Waals surface area contributed by atoms with Gasteiger partial charge in [-0.15, -0.1) is 11.8 Å². The van der Waals surface area contributed by atoms with Gasteiger partial charge in [0.1, 0.15) is 0 Å². The first-order valence-corrected chi connectivity index (χ1v) is 7.99. The Bertz CT molecular complexity index is 644. The Kier molecular flexibility index (Phi) is 5.14. The highest BCUT2D eigenvalue weighted by atomic mass is 35.5. The van der Waals surface area contributed by atoms with E-state index in [2.05, 4.69) is 15.7 Å². The lowest BCUT2D eigenvalue weighted by Crippen LogP contribution is -2.31. The van der Waals surface area contributed by atoms with Crippen molar-refractivity contribution in [2.45, 2.75) is 17.9 Å². The topological polar surface area (TPSA) is 59.0 Å². The summed E-state index contributed by atoms with van der Waals surface area (Å²) < 4.78 is 1.70. The van der Waals surface area contributed by atoms with E-state index in [4.69, 9.17) is 11.6 Å². The fourth-order valence-electron chi connectivity index (χ4n) is 1.86. The highest BCUT2D eigenvalue weighted by Gasteiger charge is 2.11. The van der Waals surface area contributed by atoms with E-state index in [9.17, 15) is 4.79 Å². The zero-order chi connectivity index (χ0) is 15.4. The Morgan fingerprint density at radius 1 is 1.48 bits per heavy atom. The quantitative estimate of drug-likeness (QED) is 0.843. The van der Waals surface area contributed by atoms with Gasteiger partial charge < -0.3 is 10.6 Å². The number of amides is 2. The van der Waals surface area contributed by atoms with Crippen LogP contribution in [0, 0.1) is 0 Å². The summed E-state index contributed by atoms with van der Waals surface area (Å²) in [5, 5.41) is 10.3. The lowest BCUT2D eigenvalue weighted by atomic mass is 10.2. The van der Waals surface area contributed by atoms with Gasteiger partial charge in [-0.25, -0.2) is 4.79 Å². The Hall–Kier alpha value is -1.66. The van der Waals surface area contributed by atoms with Gasteiger partial charge in [-0.1, -0.05) is 11.6 Å². The molecule has 0 saturated carbocycles. The number of carbonyl (C=O) groups is 1. The van der Waals surface area contributed by atoms with Crippen molar-refractivity contribution in [3.63, 3.8) is 0 Å². The Labute approximate surface area is 133 Å². The van der Waals surface area contributed by atoms with Crippen LogP contribution in [-0.4, -0.2) is 22.1 Å². The van der Waals surface area contributed by atoms with E-state index in [0.717, 1.165) is 10.5 Å². The monoisotopic (exact) mass is 324 g/mol. The first-order chi connectivity index (χ1) is 9.99. The molecule has 0 aliphatic rings. The van der Waals surface area contributed by atoms with Gasteiger partial charge in [0.25, 0.3) is 0 Å². The third-order valence-electron chi connectivity index (χ3n) is 2.98. The van der Waals surface area contributed by atoms with Crippen molar-refractivity contribution in [1.29, 1.82) is 0 Å². The van der Waals surface area contributed by atoms with Crippen LogP contribution in [-0.2, 0) is 7.05 Å². The number of benzene rings is 1. The standard InChI is InChI=1S/C14H17ClN4OS/c1-9(10-7-16-19(2)8-10)17-14(20)18-11-4-5-13(21-3)12(15)6-11/h4-9H,1-3H3,(H2,17,18,20). The van der Waals surface area contributed by atoms with E-state index in [0.29, 0.717) is 10.7 Å². The SMILES string of the molecule is CSc1ccc(NC(=O)NC(C)c2cnn(C)c2)cc1Cl. The van der Waals surface area contributed by atoms with Gasteiger partial charge in [0.2, 0.25) is 0 Å². The van der Waals surface area contributed by atoms with E-state index in [-0.39, 0.29) is 12.1 Å². The van der Waals surface area contributed by atoms with Crippen LogP contribution in [0.2, 0.25) is 5.02 Å². The molecule has 0 saturated heterocycles. The van der Waals surface area contributed by atoms with Crippen molar-refractivity contribution in [3.05, 3.63) is 41.2 Å². The lowest BCUT2D eigenvalue weighted by molar-refractivity contribution is 0.249. The number of nitrogens with one attached hydrogen (secondary N) is 2. The van der Waals surface area contributed by atoms with Crippen LogP contribution in [0.1, 0.15) is 18.5 Å². The number of rotatable bonds is 4. The van der Waals surface area contributed by atoms with Gasteiger partial charge in [0, 0.05) is 29.4 Å². The zero-order valence-corrected chi connectivity index (χ0v) is 13.6. The third-order valence-corrected chi connectivity index (χ3v) is 4.20. The summed E-state index contributed by atoms with van der Waals surface area (Å²) in [6.45, 7) is 1.90. The average Bonchev–Trinajstić information content (AvgIpc) is 2.85. The summed E-state index contributed by atoms with van der Waals surface area (Å²) in [7, 11) is 1.84. The van der Waals surface area contributed by atoms with E-state index in [1.54, 1.807) is 28.7 Å². The van der Waals surface area contributed by atoms with Gasteiger partial charge in [0.05, 0.1) is 17.3 Å². The van der Waals surface area contributed by atoms with E-state index >= 15 is 0 Å². The maximum atomic E-state index is 12.0. The smallest absolute Gasteiger partial charge is 0.319 e. The van der Waals surface area contributed by atoms with Gasteiger partial charge >= 0.3 is 6.03 Å². The van der Waals surface area contributed by atoms with Gasteiger partial charge in [0.15, 0.2) is 0 Å². The highest BCUT2D eigenvalue weighted by molar-refractivity contribution is 7.98. The van der Waals surface area contributed by atoms with Crippen molar-refractivity contribution >= 4 is 35.1 Å². The van der Waals surface area contributed by atoms with E-state index in [1.807, 2.05) is 38.6 Å². The zero-order valence-electron chi connectivity index (χ0n) is 12.1. The summed E-state index contributed by atoms with van der Waals surface area (Å²) in [4.78, 5) is 12.9. The van der Waals surface area contributed by atoms with Gasteiger partial charge in [-0.3, -0.25) is 4.68 Å². The molecule has 0 radical (unpaired) electrons. The molecule has 1 heterocycles. The molecule has 112 valence electrons. The molecule has 1 atom stereocenters. The molecular weight excluding hydrogens is 308 g/mol. The van der Waals surface area contributed by atoms with Crippen molar-refractivity contribution in [2.75, 3.05) is 11.6 Å². The summed E-state index contributed by atoms with van der Waals surface area (Å²) in [6.07, 6.45) is 5.56. The molecule has 21 heavy (non-hydrogen) atoms. The van der Waals surface area contributed by atoms with Crippen LogP contribution < -0.4 is 10.6 Å². The molecule has 7 heteroatoms. The number of urea groups is 1.